The number of methoxy groups -OCH3 is 1. The maximum Gasteiger partial charge on any atom is 0.354 e. The summed E-state index contributed by atoms with van der Waals surface area (Å²) in [5, 5.41) is 1.29. The zero-order chi connectivity index (χ0) is 15.6. The van der Waals surface area contributed by atoms with Gasteiger partial charge in [0.2, 0.25) is 0 Å². The first-order valence-electron chi connectivity index (χ1n) is 8.46. The van der Waals surface area contributed by atoms with Crippen LogP contribution in [0.5, 0.6) is 0 Å². The van der Waals surface area contributed by atoms with Gasteiger partial charge in [0.15, 0.2) is 0 Å². The van der Waals surface area contributed by atoms with E-state index in [9.17, 15) is 4.79 Å². The molecule has 1 aromatic heterocycles. The van der Waals surface area contributed by atoms with Crippen molar-refractivity contribution in [2.24, 2.45) is 5.92 Å². The highest BCUT2D eigenvalue weighted by molar-refractivity contribution is 6.13. The summed E-state index contributed by atoms with van der Waals surface area (Å²) in [6, 6.07) is 8.89. The first-order valence-corrected chi connectivity index (χ1v) is 8.46. The lowest BCUT2D eigenvalue weighted by atomic mass is 9.80. The Morgan fingerprint density at radius 3 is 3.00 bits per heavy atom. The minimum atomic E-state index is -0.227. The van der Waals surface area contributed by atoms with Crippen LogP contribution in [-0.4, -0.2) is 35.6 Å². The topological polar surface area (TPSA) is 34.5 Å². The standard InChI is InChI=1S/C19H20N2O2/c1-23-19(22)16-11-12-5-4-9-20-10-8-14-13-6-2-3-7-15(13)21(16)18(14)17(12)20/h2-3,6-7,11-12,17H,4-5,8-10H2,1H3/t12-,17-/m0/s1. The third-order valence-electron chi connectivity index (χ3n) is 5.74. The summed E-state index contributed by atoms with van der Waals surface area (Å²) in [4.78, 5) is 15.0. The van der Waals surface area contributed by atoms with E-state index >= 15 is 0 Å². The van der Waals surface area contributed by atoms with Crippen LogP contribution in [0.3, 0.4) is 0 Å². The minimum Gasteiger partial charge on any atom is -0.464 e. The van der Waals surface area contributed by atoms with Crippen molar-refractivity contribution >= 4 is 22.6 Å². The van der Waals surface area contributed by atoms with E-state index in [1.165, 1.54) is 36.7 Å². The summed E-state index contributed by atoms with van der Waals surface area (Å²) in [6.45, 7) is 2.30. The maximum atomic E-state index is 12.4. The molecule has 0 bridgehead atoms. The van der Waals surface area contributed by atoms with Gasteiger partial charge in [-0.25, -0.2) is 4.79 Å². The molecule has 1 saturated heterocycles. The van der Waals surface area contributed by atoms with Gasteiger partial charge in [-0.05, 0) is 43.5 Å². The maximum absolute atomic E-state index is 12.4. The Labute approximate surface area is 135 Å². The van der Waals surface area contributed by atoms with Crippen molar-refractivity contribution in [3.8, 4) is 0 Å². The Kier molecular flexibility index (Phi) is 2.74. The van der Waals surface area contributed by atoms with E-state index in [-0.39, 0.29) is 5.97 Å². The summed E-state index contributed by atoms with van der Waals surface area (Å²) in [5.74, 6) is 0.198. The molecule has 1 aromatic carbocycles. The van der Waals surface area contributed by atoms with Crippen molar-refractivity contribution in [2.45, 2.75) is 25.3 Å². The summed E-state index contributed by atoms with van der Waals surface area (Å²) in [7, 11) is 1.47. The van der Waals surface area contributed by atoms with Gasteiger partial charge >= 0.3 is 5.97 Å². The fraction of sp³-hybridized carbons (Fsp3) is 0.421. The van der Waals surface area contributed by atoms with E-state index < -0.39 is 0 Å². The van der Waals surface area contributed by atoms with Crippen molar-refractivity contribution in [2.75, 3.05) is 20.2 Å². The van der Waals surface area contributed by atoms with Crippen LogP contribution in [-0.2, 0) is 16.0 Å². The molecule has 0 N–H and O–H groups in total. The van der Waals surface area contributed by atoms with Gasteiger partial charge in [0, 0.05) is 23.5 Å². The molecule has 4 nitrogen and oxygen atoms in total. The SMILES string of the molecule is COC(=O)C1=C[C@@H]2CCCN3CCc4c(n1c1ccccc41)[C@H]23. The number of carbonyl (C=O) groups is 1. The fourth-order valence-electron chi connectivity index (χ4n) is 4.86. The highest BCUT2D eigenvalue weighted by Gasteiger charge is 2.43. The quantitative estimate of drug-likeness (QED) is 0.760. The second-order valence-corrected chi connectivity index (χ2v) is 6.80. The molecule has 0 amide bonds. The number of para-hydroxylation sites is 1. The average molecular weight is 308 g/mol. The molecule has 3 aliphatic rings. The fourth-order valence-corrected chi connectivity index (χ4v) is 4.86. The number of nitrogens with zero attached hydrogens (tertiary/aromatic N) is 2. The molecule has 3 aliphatic heterocycles. The molecule has 0 saturated carbocycles. The molecule has 2 atom stereocenters. The van der Waals surface area contributed by atoms with Crippen molar-refractivity contribution in [3.05, 3.63) is 41.6 Å². The normalized spacial score (nSPS) is 25.9. The molecule has 23 heavy (non-hydrogen) atoms. The third-order valence-corrected chi connectivity index (χ3v) is 5.74. The van der Waals surface area contributed by atoms with Crippen LogP contribution in [0.25, 0.3) is 16.6 Å². The summed E-state index contributed by atoms with van der Waals surface area (Å²) in [6.07, 6.45) is 5.60. The number of fused-ring (bicyclic) bond motifs is 3. The molecule has 0 spiro atoms. The van der Waals surface area contributed by atoms with Crippen molar-refractivity contribution in [3.63, 3.8) is 0 Å². The Balaban J connectivity index is 1.86. The largest absolute Gasteiger partial charge is 0.464 e. The van der Waals surface area contributed by atoms with Crippen LogP contribution < -0.4 is 0 Å². The Morgan fingerprint density at radius 1 is 1.26 bits per heavy atom. The van der Waals surface area contributed by atoms with E-state index in [0.29, 0.717) is 17.7 Å². The lowest BCUT2D eigenvalue weighted by Gasteiger charge is -2.46. The monoisotopic (exact) mass is 308 g/mol. The van der Waals surface area contributed by atoms with Crippen molar-refractivity contribution in [1.29, 1.82) is 0 Å². The smallest absolute Gasteiger partial charge is 0.354 e. The molecular weight excluding hydrogens is 288 g/mol. The average Bonchev–Trinajstić information content (AvgIpc) is 2.95. The van der Waals surface area contributed by atoms with E-state index in [0.717, 1.165) is 24.9 Å². The lowest BCUT2D eigenvalue weighted by Crippen LogP contribution is -2.45. The molecule has 0 aliphatic carbocycles. The van der Waals surface area contributed by atoms with Gasteiger partial charge < -0.3 is 9.30 Å². The van der Waals surface area contributed by atoms with Crippen LogP contribution in [0.2, 0.25) is 0 Å². The van der Waals surface area contributed by atoms with E-state index in [2.05, 4.69) is 39.8 Å². The number of hydrogen-bond acceptors (Lipinski definition) is 3. The number of carbonyl (C=O) groups excluding carboxylic acids is 1. The second-order valence-electron chi connectivity index (χ2n) is 6.80. The lowest BCUT2D eigenvalue weighted by molar-refractivity contribution is -0.134. The molecule has 2 aromatic rings. The molecule has 0 unspecified atom stereocenters. The first-order chi connectivity index (χ1) is 11.3. The van der Waals surface area contributed by atoms with Crippen LogP contribution in [0, 0.1) is 5.92 Å². The van der Waals surface area contributed by atoms with Crippen LogP contribution in [0.15, 0.2) is 30.3 Å². The number of esters is 1. The minimum absolute atomic E-state index is 0.227. The van der Waals surface area contributed by atoms with Gasteiger partial charge in [-0.2, -0.15) is 0 Å². The van der Waals surface area contributed by atoms with Crippen molar-refractivity contribution in [1.82, 2.24) is 9.47 Å². The molecule has 5 rings (SSSR count). The second kappa shape index (κ2) is 4.71. The first kappa shape index (κ1) is 13.4. The van der Waals surface area contributed by atoms with Gasteiger partial charge in [-0.1, -0.05) is 18.2 Å². The van der Waals surface area contributed by atoms with E-state index in [1.54, 1.807) is 0 Å². The van der Waals surface area contributed by atoms with Gasteiger partial charge in [0.05, 0.1) is 18.7 Å². The highest BCUT2D eigenvalue weighted by atomic mass is 16.5. The number of hydrogen-bond donors (Lipinski definition) is 0. The third kappa shape index (κ3) is 1.67. The highest BCUT2D eigenvalue weighted by Crippen LogP contribution is 2.48. The number of rotatable bonds is 1. The molecule has 4 heteroatoms. The van der Waals surface area contributed by atoms with Gasteiger partial charge in [-0.3, -0.25) is 4.90 Å². The van der Waals surface area contributed by atoms with E-state index in [1.807, 2.05) is 0 Å². The van der Waals surface area contributed by atoms with Crippen LogP contribution >= 0.6 is 0 Å². The molecule has 0 radical (unpaired) electrons. The van der Waals surface area contributed by atoms with Crippen molar-refractivity contribution < 1.29 is 9.53 Å². The number of piperidine rings is 1. The summed E-state index contributed by atoms with van der Waals surface area (Å²) < 4.78 is 7.26. The van der Waals surface area contributed by atoms with Crippen LogP contribution in [0.1, 0.15) is 30.1 Å². The molecule has 4 heterocycles. The predicted molar refractivity (Wildman–Crippen MR) is 89.0 cm³/mol. The van der Waals surface area contributed by atoms with Gasteiger partial charge in [0.25, 0.3) is 0 Å². The molecule has 118 valence electrons. The van der Waals surface area contributed by atoms with E-state index in [4.69, 9.17) is 4.74 Å². The molecule has 1 fully saturated rings. The predicted octanol–water partition coefficient (Wildman–Crippen LogP) is 2.98. The number of benzene rings is 1. The van der Waals surface area contributed by atoms with Gasteiger partial charge in [-0.15, -0.1) is 0 Å². The number of aromatic nitrogens is 1. The number of ether oxygens (including phenoxy) is 1. The Morgan fingerprint density at radius 2 is 2.13 bits per heavy atom. The Hall–Kier alpha value is -2.07. The van der Waals surface area contributed by atoms with Crippen LogP contribution in [0.4, 0.5) is 0 Å². The zero-order valence-electron chi connectivity index (χ0n) is 13.3. The summed E-state index contributed by atoms with van der Waals surface area (Å²) >= 11 is 0. The zero-order valence-corrected chi connectivity index (χ0v) is 13.3. The summed E-state index contributed by atoms with van der Waals surface area (Å²) in [5.41, 5.74) is 4.61. The molecular formula is C19H20N2O2. The van der Waals surface area contributed by atoms with Gasteiger partial charge in [0.1, 0.15) is 5.70 Å². The Bertz CT molecular complexity index is 848.